The number of hydrogen-bond acceptors (Lipinski definition) is 8. The van der Waals surface area contributed by atoms with E-state index >= 15 is 0 Å². The molecule has 0 aromatic rings. The van der Waals surface area contributed by atoms with E-state index in [0.29, 0.717) is 0 Å². The number of rotatable bonds is 8. The minimum Gasteiger partial charge on any atom is -0.548 e. The number of carboxylic acid groups (broad SMARTS) is 2. The molecule has 96 valence electrons. The Labute approximate surface area is 111 Å². The van der Waals surface area contributed by atoms with Gasteiger partial charge in [-0.05, 0) is 0 Å². The third kappa shape index (κ3) is 31.3. The Morgan fingerprint density at radius 2 is 1.18 bits per heavy atom. The first-order valence-electron chi connectivity index (χ1n) is 4.31. The summed E-state index contributed by atoms with van der Waals surface area (Å²) < 4.78 is 8.66. The van der Waals surface area contributed by atoms with Crippen molar-refractivity contribution in [2.75, 3.05) is 39.6 Å². The molecule has 0 heterocycles. The van der Waals surface area contributed by atoms with Crippen LogP contribution in [0.2, 0.25) is 0 Å². The van der Waals surface area contributed by atoms with Crippen LogP contribution in [0.5, 0.6) is 0 Å². The maximum Gasteiger partial charge on any atom is 2.00 e. The Bertz CT molecular complexity index is 166. The average molecular weight is 304 g/mol. The summed E-state index contributed by atoms with van der Waals surface area (Å²) in [5.74, 6) is -2.53. The molecule has 0 atom stereocenters. The van der Waals surface area contributed by atoms with Gasteiger partial charge in [-0.1, -0.05) is 0 Å². The molecular formula is C8H14O8Zn. The van der Waals surface area contributed by atoms with E-state index in [1.54, 1.807) is 0 Å². The monoisotopic (exact) mass is 302 g/mol. The fourth-order valence-electron chi connectivity index (χ4n) is 0.440. The molecular weight excluding hydrogens is 289 g/mol. The van der Waals surface area contributed by atoms with Crippen molar-refractivity contribution in [2.45, 2.75) is 0 Å². The van der Waals surface area contributed by atoms with Crippen molar-refractivity contribution in [3.05, 3.63) is 0 Å². The summed E-state index contributed by atoms with van der Waals surface area (Å²) in [5.41, 5.74) is 0. The van der Waals surface area contributed by atoms with Crippen LogP contribution in [0.1, 0.15) is 0 Å². The maximum atomic E-state index is 9.56. The van der Waals surface area contributed by atoms with Crippen LogP contribution >= 0.6 is 0 Å². The van der Waals surface area contributed by atoms with Crippen LogP contribution in [-0.4, -0.2) is 61.8 Å². The van der Waals surface area contributed by atoms with Gasteiger partial charge >= 0.3 is 19.5 Å². The van der Waals surface area contributed by atoms with Gasteiger partial charge < -0.3 is 39.5 Å². The number of carboxylic acids is 2. The quantitative estimate of drug-likeness (QED) is 0.338. The molecule has 0 aromatic heterocycles. The Hall–Kier alpha value is -0.597. The molecule has 0 rings (SSSR count). The van der Waals surface area contributed by atoms with Gasteiger partial charge in [0.25, 0.3) is 0 Å². The summed E-state index contributed by atoms with van der Waals surface area (Å²) in [6.07, 6.45) is 0. The Morgan fingerprint density at radius 3 is 1.35 bits per heavy atom. The summed E-state index contributed by atoms with van der Waals surface area (Å²) in [6.45, 7) is -1.11. The van der Waals surface area contributed by atoms with Crippen molar-refractivity contribution in [1.82, 2.24) is 0 Å². The van der Waals surface area contributed by atoms with E-state index in [-0.39, 0.29) is 45.9 Å². The SMILES string of the molecule is O=C([O-])COCCO.O=C([O-])COCCO.[Zn+2]. The predicted octanol–water partition coefficient (Wildman–Crippen LogP) is -4.51. The number of ether oxygens (including phenoxy) is 2. The van der Waals surface area contributed by atoms with Crippen LogP contribution in [0.3, 0.4) is 0 Å². The van der Waals surface area contributed by atoms with E-state index in [2.05, 4.69) is 9.47 Å². The minimum atomic E-state index is -1.27. The van der Waals surface area contributed by atoms with Gasteiger partial charge in [0.2, 0.25) is 0 Å². The number of aliphatic carboxylic acids is 2. The van der Waals surface area contributed by atoms with Gasteiger partial charge in [0.15, 0.2) is 0 Å². The number of aliphatic hydroxyl groups is 2. The molecule has 9 heteroatoms. The largest absolute Gasteiger partial charge is 2.00 e. The smallest absolute Gasteiger partial charge is 0.548 e. The summed E-state index contributed by atoms with van der Waals surface area (Å²) in [6, 6.07) is 0. The molecule has 0 aromatic carbocycles. The summed E-state index contributed by atoms with van der Waals surface area (Å²) in [7, 11) is 0. The number of hydrogen-bond donors (Lipinski definition) is 2. The summed E-state index contributed by atoms with van der Waals surface area (Å²) in [5, 5.41) is 35.2. The molecule has 2 N–H and O–H groups in total. The van der Waals surface area contributed by atoms with Crippen molar-refractivity contribution in [3.8, 4) is 0 Å². The van der Waals surface area contributed by atoms with Crippen molar-refractivity contribution in [2.24, 2.45) is 0 Å². The normalized spacial score (nSPS) is 8.59. The van der Waals surface area contributed by atoms with E-state index in [1.165, 1.54) is 0 Å². The number of aliphatic hydroxyl groups excluding tert-OH is 2. The first kappa shape index (κ1) is 21.7. The van der Waals surface area contributed by atoms with Gasteiger partial charge in [0.05, 0.1) is 51.6 Å². The zero-order valence-electron chi connectivity index (χ0n) is 9.29. The molecule has 0 aliphatic heterocycles. The van der Waals surface area contributed by atoms with Gasteiger partial charge in [0.1, 0.15) is 0 Å². The fraction of sp³-hybridized carbons (Fsp3) is 0.750. The molecule has 0 aliphatic carbocycles. The van der Waals surface area contributed by atoms with Crippen molar-refractivity contribution < 1.29 is 59.0 Å². The van der Waals surface area contributed by atoms with Crippen molar-refractivity contribution >= 4 is 11.9 Å². The van der Waals surface area contributed by atoms with Crippen molar-refractivity contribution in [1.29, 1.82) is 0 Å². The van der Waals surface area contributed by atoms with Crippen LogP contribution in [-0.2, 0) is 38.5 Å². The van der Waals surface area contributed by atoms with E-state index in [9.17, 15) is 19.8 Å². The minimum absolute atomic E-state index is 0. The second-order valence-corrected chi connectivity index (χ2v) is 2.30. The molecule has 0 saturated carbocycles. The average Bonchev–Trinajstić information content (AvgIpc) is 2.18. The van der Waals surface area contributed by atoms with Crippen LogP contribution in [0.15, 0.2) is 0 Å². The third-order valence-electron chi connectivity index (χ3n) is 0.911. The molecule has 0 unspecified atom stereocenters. The standard InChI is InChI=1S/2C4H8O4.Zn/c2*5-1-2-8-3-4(6)7;/h2*5H,1-3H2,(H,6,7);/q;;+2/p-2. The number of carbonyl (C=O) groups is 2. The first-order valence-corrected chi connectivity index (χ1v) is 4.31. The van der Waals surface area contributed by atoms with Crippen LogP contribution in [0, 0.1) is 0 Å². The van der Waals surface area contributed by atoms with Crippen LogP contribution < -0.4 is 10.2 Å². The van der Waals surface area contributed by atoms with Gasteiger partial charge in [-0.15, -0.1) is 0 Å². The van der Waals surface area contributed by atoms with Crippen LogP contribution in [0.25, 0.3) is 0 Å². The summed E-state index contributed by atoms with van der Waals surface area (Å²) in [4.78, 5) is 19.1. The molecule has 0 saturated heterocycles. The zero-order valence-corrected chi connectivity index (χ0v) is 12.3. The van der Waals surface area contributed by atoms with E-state index in [4.69, 9.17) is 10.2 Å². The second-order valence-electron chi connectivity index (χ2n) is 2.30. The third-order valence-corrected chi connectivity index (χ3v) is 0.911. The van der Waals surface area contributed by atoms with Gasteiger partial charge in [-0.25, -0.2) is 0 Å². The predicted molar refractivity (Wildman–Crippen MR) is 45.8 cm³/mol. The van der Waals surface area contributed by atoms with E-state index < -0.39 is 25.2 Å². The first-order chi connectivity index (χ1) is 7.54. The maximum absolute atomic E-state index is 9.56. The molecule has 0 amide bonds. The molecule has 0 spiro atoms. The second kappa shape index (κ2) is 17.8. The molecule has 0 fully saturated rings. The zero-order chi connectivity index (χ0) is 12.8. The van der Waals surface area contributed by atoms with Crippen LogP contribution in [0.4, 0.5) is 0 Å². The van der Waals surface area contributed by atoms with E-state index in [1.807, 2.05) is 0 Å². The fourth-order valence-corrected chi connectivity index (χ4v) is 0.440. The van der Waals surface area contributed by atoms with Gasteiger partial charge in [0, 0.05) is 0 Å². The molecule has 0 bridgehead atoms. The van der Waals surface area contributed by atoms with Gasteiger partial charge in [-0.2, -0.15) is 0 Å². The molecule has 8 nitrogen and oxygen atoms in total. The Balaban J connectivity index is -0.000000218. The topological polar surface area (TPSA) is 139 Å². The molecule has 0 aliphatic rings. The van der Waals surface area contributed by atoms with Crippen molar-refractivity contribution in [3.63, 3.8) is 0 Å². The van der Waals surface area contributed by atoms with E-state index in [0.717, 1.165) is 0 Å². The molecule has 17 heavy (non-hydrogen) atoms. The van der Waals surface area contributed by atoms with Gasteiger partial charge in [-0.3, -0.25) is 0 Å². The number of carbonyl (C=O) groups excluding carboxylic acids is 2. The molecule has 0 radical (unpaired) electrons. The summed E-state index contributed by atoms with van der Waals surface area (Å²) >= 11 is 0. The Morgan fingerprint density at radius 1 is 0.882 bits per heavy atom. The Kier molecular flexibility index (Phi) is 22.7.